The Morgan fingerprint density at radius 2 is 1.94 bits per heavy atom. The van der Waals surface area contributed by atoms with Crippen LogP contribution in [0.15, 0.2) is 53.3 Å². The van der Waals surface area contributed by atoms with E-state index in [0.717, 1.165) is 31.6 Å². The Bertz CT molecular complexity index is 1160. The quantitative estimate of drug-likeness (QED) is 0.633. The number of carbonyl (C=O) groups excluding carboxylic acids is 1. The molecule has 1 saturated heterocycles. The first kappa shape index (κ1) is 20.2. The highest BCUT2D eigenvalue weighted by Crippen LogP contribution is 2.46. The normalized spacial score (nSPS) is 17.5. The molecule has 160 valence electrons. The van der Waals surface area contributed by atoms with E-state index in [-0.39, 0.29) is 23.6 Å². The van der Waals surface area contributed by atoms with E-state index in [1.54, 1.807) is 6.07 Å². The topological polar surface area (TPSA) is 64.4 Å². The summed E-state index contributed by atoms with van der Waals surface area (Å²) in [5.41, 5.74) is 2.69. The molecule has 2 aromatic heterocycles. The summed E-state index contributed by atoms with van der Waals surface area (Å²) >= 11 is 1.86. The molecule has 4 heterocycles. The molecule has 0 saturated carbocycles. The number of aryl methyl sites for hydroxylation is 1. The smallest absolute Gasteiger partial charge is 0.267 e. The number of benzene rings is 1. The third kappa shape index (κ3) is 3.83. The van der Waals surface area contributed by atoms with Crippen LogP contribution in [0.2, 0.25) is 0 Å². The van der Waals surface area contributed by atoms with Crippen LogP contribution in [0.3, 0.4) is 0 Å². The van der Waals surface area contributed by atoms with Crippen LogP contribution in [0.4, 0.5) is 0 Å². The van der Waals surface area contributed by atoms with Crippen molar-refractivity contribution in [3.63, 3.8) is 0 Å². The number of likely N-dealkylation sites (tertiary alicyclic amines) is 1. The molecular weight excluding hydrogens is 410 g/mol. The first-order chi connectivity index (χ1) is 15.0. The Morgan fingerprint density at radius 1 is 1.16 bits per heavy atom. The molecule has 5 rings (SSSR count). The second-order valence-electron chi connectivity index (χ2n) is 8.26. The fraction of sp³-hybridized carbons (Fsp3) is 0.375. The number of carbonyl (C=O) groups is 1. The van der Waals surface area contributed by atoms with Crippen LogP contribution in [0.25, 0.3) is 10.4 Å². The van der Waals surface area contributed by atoms with Gasteiger partial charge < -0.3 is 9.64 Å². The number of aromatic nitrogens is 2. The second kappa shape index (κ2) is 8.05. The van der Waals surface area contributed by atoms with Crippen LogP contribution in [0, 0.1) is 6.92 Å². The van der Waals surface area contributed by atoms with Crippen LogP contribution in [-0.2, 0) is 28.1 Å². The molecule has 31 heavy (non-hydrogen) atoms. The van der Waals surface area contributed by atoms with Crippen molar-refractivity contribution in [2.24, 2.45) is 0 Å². The van der Waals surface area contributed by atoms with Crippen molar-refractivity contribution in [3.8, 4) is 10.4 Å². The highest BCUT2D eigenvalue weighted by molar-refractivity contribution is 7.15. The van der Waals surface area contributed by atoms with Crippen LogP contribution < -0.4 is 5.56 Å². The summed E-state index contributed by atoms with van der Waals surface area (Å²) in [6.07, 6.45) is 2.48. The van der Waals surface area contributed by atoms with Crippen LogP contribution in [-0.4, -0.2) is 40.3 Å². The molecule has 7 heteroatoms. The predicted molar refractivity (Wildman–Crippen MR) is 120 cm³/mol. The lowest BCUT2D eigenvalue weighted by Crippen LogP contribution is -2.49. The number of ether oxygens (including phenoxy) is 1. The van der Waals surface area contributed by atoms with Gasteiger partial charge in [0.1, 0.15) is 6.54 Å². The molecule has 0 atom stereocenters. The SMILES string of the molecule is Cc1ccc(=O)n(CC(=O)N2CCC3(CC2)OCCc2sc(-c4ccccc4)cc23)n1. The van der Waals surface area contributed by atoms with Crippen molar-refractivity contribution in [3.05, 3.63) is 75.0 Å². The molecule has 0 aliphatic carbocycles. The molecule has 2 aliphatic rings. The number of thiophene rings is 1. The van der Waals surface area contributed by atoms with Gasteiger partial charge in [0, 0.05) is 35.3 Å². The molecule has 1 amide bonds. The van der Waals surface area contributed by atoms with Crippen molar-refractivity contribution >= 4 is 17.2 Å². The van der Waals surface area contributed by atoms with Crippen molar-refractivity contribution < 1.29 is 9.53 Å². The summed E-state index contributed by atoms with van der Waals surface area (Å²) in [6, 6.07) is 15.9. The average Bonchev–Trinajstić information content (AvgIpc) is 3.24. The third-order valence-corrected chi connectivity index (χ3v) is 7.52. The van der Waals surface area contributed by atoms with E-state index in [0.29, 0.717) is 13.1 Å². The van der Waals surface area contributed by atoms with Gasteiger partial charge in [0.15, 0.2) is 0 Å². The van der Waals surface area contributed by atoms with E-state index < -0.39 is 0 Å². The largest absolute Gasteiger partial charge is 0.370 e. The van der Waals surface area contributed by atoms with Crippen LogP contribution >= 0.6 is 11.3 Å². The van der Waals surface area contributed by atoms with Gasteiger partial charge in [-0.3, -0.25) is 9.59 Å². The molecule has 1 spiro atoms. The molecule has 0 N–H and O–H groups in total. The number of rotatable bonds is 3. The Morgan fingerprint density at radius 3 is 2.71 bits per heavy atom. The van der Waals surface area contributed by atoms with Gasteiger partial charge in [0.25, 0.3) is 5.56 Å². The lowest BCUT2D eigenvalue weighted by atomic mass is 9.82. The first-order valence-electron chi connectivity index (χ1n) is 10.7. The molecule has 0 bridgehead atoms. The standard InChI is InChI=1S/C24H25N3O3S/c1-17-7-8-22(28)27(25-17)16-23(29)26-12-10-24(11-13-26)19-15-21(18-5-3-2-4-6-18)31-20(19)9-14-30-24/h2-8,15H,9-14,16H2,1H3. The van der Waals surface area contributed by atoms with E-state index in [4.69, 9.17) is 4.74 Å². The summed E-state index contributed by atoms with van der Waals surface area (Å²) < 4.78 is 7.62. The molecular formula is C24H25N3O3S. The number of piperidine rings is 1. The Kier molecular flexibility index (Phi) is 5.24. The zero-order chi connectivity index (χ0) is 21.4. The molecule has 0 radical (unpaired) electrons. The van der Waals surface area contributed by atoms with Gasteiger partial charge in [-0.15, -0.1) is 11.3 Å². The molecule has 3 aromatic rings. The van der Waals surface area contributed by atoms with Crippen LogP contribution in [0.5, 0.6) is 0 Å². The predicted octanol–water partition coefficient (Wildman–Crippen LogP) is 3.37. The Balaban J connectivity index is 1.32. The number of hydrogen-bond donors (Lipinski definition) is 0. The number of nitrogens with zero attached hydrogens (tertiary/aromatic N) is 3. The summed E-state index contributed by atoms with van der Waals surface area (Å²) in [7, 11) is 0. The number of fused-ring (bicyclic) bond motifs is 2. The van der Waals surface area contributed by atoms with Gasteiger partial charge in [0.05, 0.1) is 17.9 Å². The minimum absolute atomic E-state index is 0.0176. The van der Waals surface area contributed by atoms with E-state index in [9.17, 15) is 9.59 Å². The molecule has 2 aliphatic heterocycles. The minimum Gasteiger partial charge on any atom is -0.370 e. The maximum atomic E-state index is 12.8. The second-order valence-corrected chi connectivity index (χ2v) is 9.39. The van der Waals surface area contributed by atoms with E-state index >= 15 is 0 Å². The Hall–Kier alpha value is -2.77. The maximum absolute atomic E-state index is 12.8. The lowest BCUT2D eigenvalue weighted by molar-refractivity contribution is -0.141. The molecule has 1 fully saturated rings. The van der Waals surface area contributed by atoms with Crippen molar-refractivity contribution in [2.75, 3.05) is 19.7 Å². The van der Waals surface area contributed by atoms with Gasteiger partial charge in [-0.25, -0.2) is 4.68 Å². The zero-order valence-corrected chi connectivity index (χ0v) is 18.4. The maximum Gasteiger partial charge on any atom is 0.267 e. The van der Waals surface area contributed by atoms with Crippen molar-refractivity contribution in [1.82, 2.24) is 14.7 Å². The van der Waals surface area contributed by atoms with Gasteiger partial charge in [-0.2, -0.15) is 5.10 Å². The van der Waals surface area contributed by atoms with Crippen LogP contribution in [0.1, 0.15) is 29.0 Å². The highest BCUT2D eigenvalue weighted by atomic mass is 32.1. The summed E-state index contributed by atoms with van der Waals surface area (Å²) in [4.78, 5) is 29.3. The fourth-order valence-electron chi connectivity index (χ4n) is 4.58. The third-order valence-electron chi connectivity index (χ3n) is 6.27. The van der Waals surface area contributed by atoms with Gasteiger partial charge >= 0.3 is 0 Å². The zero-order valence-electron chi connectivity index (χ0n) is 17.5. The van der Waals surface area contributed by atoms with Gasteiger partial charge in [-0.05, 0) is 43.0 Å². The van der Waals surface area contributed by atoms with Gasteiger partial charge in [0.2, 0.25) is 5.91 Å². The average molecular weight is 436 g/mol. The fourth-order valence-corrected chi connectivity index (χ4v) is 5.82. The van der Waals surface area contributed by atoms with Gasteiger partial charge in [-0.1, -0.05) is 30.3 Å². The number of amides is 1. The highest BCUT2D eigenvalue weighted by Gasteiger charge is 2.42. The Labute approximate surface area is 185 Å². The van der Waals surface area contributed by atoms with Crippen molar-refractivity contribution in [2.45, 2.75) is 38.3 Å². The molecule has 1 aromatic carbocycles. The summed E-state index contributed by atoms with van der Waals surface area (Å²) in [5, 5.41) is 4.19. The number of hydrogen-bond acceptors (Lipinski definition) is 5. The molecule has 0 unspecified atom stereocenters. The first-order valence-corrected chi connectivity index (χ1v) is 11.5. The van der Waals surface area contributed by atoms with E-state index in [2.05, 4.69) is 35.4 Å². The van der Waals surface area contributed by atoms with Crippen molar-refractivity contribution in [1.29, 1.82) is 0 Å². The minimum atomic E-state index is -0.313. The molecule has 6 nitrogen and oxygen atoms in total. The monoisotopic (exact) mass is 435 g/mol. The van der Waals surface area contributed by atoms with E-state index in [1.807, 2.05) is 29.2 Å². The summed E-state index contributed by atoms with van der Waals surface area (Å²) in [5.74, 6) is -0.0682. The summed E-state index contributed by atoms with van der Waals surface area (Å²) in [6.45, 7) is 3.76. The van der Waals surface area contributed by atoms with E-state index in [1.165, 1.54) is 31.6 Å². The lowest BCUT2D eigenvalue weighted by Gasteiger charge is -2.44.